The number of fused-ring (bicyclic) bond motifs is 1. The van der Waals surface area contributed by atoms with E-state index in [0.29, 0.717) is 12.1 Å². The molecule has 0 atom stereocenters. The molecule has 1 amide bonds. The second kappa shape index (κ2) is 9.14. The molecule has 3 aromatic rings. The predicted octanol–water partition coefficient (Wildman–Crippen LogP) is 4.15. The topological polar surface area (TPSA) is 58.1 Å². The summed E-state index contributed by atoms with van der Waals surface area (Å²) in [5.41, 5.74) is 3.25. The average Bonchev–Trinajstić information content (AvgIpc) is 2.77. The van der Waals surface area contributed by atoms with Crippen LogP contribution in [0.2, 0.25) is 0 Å². The number of nitrogens with one attached hydrogen (secondary N) is 1. The van der Waals surface area contributed by atoms with Gasteiger partial charge in [0, 0.05) is 29.9 Å². The molecular formula is C24H28N4O. The minimum absolute atomic E-state index is 0.0360. The molecule has 0 unspecified atom stereocenters. The summed E-state index contributed by atoms with van der Waals surface area (Å²) in [6, 6.07) is 13.5. The number of pyridine rings is 2. The summed E-state index contributed by atoms with van der Waals surface area (Å²) in [5, 5.41) is 3.99. The zero-order valence-corrected chi connectivity index (χ0v) is 17.0. The summed E-state index contributed by atoms with van der Waals surface area (Å²) < 4.78 is 0. The number of hydrogen-bond donors (Lipinski definition) is 1. The molecule has 1 saturated heterocycles. The van der Waals surface area contributed by atoms with Crippen molar-refractivity contribution >= 4 is 16.8 Å². The van der Waals surface area contributed by atoms with E-state index in [1.54, 1.807) is 12.4 Å². The van der Waals surface area contributed by atoms with E-state index in [1.807, 2.05) is 42.5 Å². The van der Waals surface area contributed by atoms with Crippen molar-refractivity contribution in [2.45, 2.75) is 26.2 Å². The number of para-hydroxylation sites is 1. The first-order chi connectivity index (χ1) is 14.2. The number of aromatic nitrogens is 2. The van der Waals surface area contributed by atoms with Crippen LogP contribution in [0.15, 0.2) is 54.9 Å². The molecule has 1 aliphatic heterocycles. The van der Waals surface area contributed by atoms with Crippen LogP contribution < -0.4 is 5.32 Å². The SMILES string of the molecule is CC1CCN(CCCNC(=O)c2cc(-c3ccncc3)nc3ccccc23)CC1. The third kappa shape index (κ3) is 4.80. The highest BCUT2D eigenvalue weighted by Gasteiger charge is 2.16. The Hall–Kier alpha value is -2.79. The second-order valence-corrected chi connectivity index (χ2v) is 7.94. The van der Waals surface area contributed by atoms with E-state index in [0.717, 1.165) is 41.0 Å². The molecule has 1 aliphatic rings. The van der Waals surface area contributed by atoms with Gasteiger partial charge in [-0.2, -0.15) is 0 Å². The fourth-order valence-corrected chi connectivity index (χ4v) is 3.92. The van der Waals surface area contributed by atoms with Crippen molar-refractivity contribution in [1.29, 1.82) is 0 Å². The molecular weight excluding hydrogens is 360 g/mol. The van der Waals surface area contributed by atoms with E-state index < -0.39 is 0 Å². The van der Waals surface area contributed by atoms with Crippen molar-refractivity contribution in [3.63, 3.8) is 0 Å². The Morgan fingerprint density at radius 2 is 1.90 bits per heavy atom. The third-order valence-electron chi connectivity index (χ3n) is 5.75. The van der Waals surface area contributed by atoms with Crippen molar-refractivity contribution < 1.29 is 4.79 Å². The minimum atomic E-state index is -0.0360. The van der Waals surface area contributed by atoms with Gasteiger partial charge in [-0.1, -0.05) is 25.1 Å². The molecule has 150 valence electrons. The molecule has 1 fully saturated rings. The van der Waals surface area contributed by atoms with E-state index in [-0.39, 0.29) is 5.91 Å². The van der Waals surface area contributed by atoms with Gasteiger partial charge >= 0.3 is 0 Å². The molecule has 4 rings (SSSR count). The first-order valence-electron chi connectivity index (χ1n) is 10.5. The fourth-order valence-electron chi connectivity index (χ4n) is 3.92. The number of piperidine rings is 1. The van der Waals surface area contributed by atoms with Gasteiger partial charge in [-0.05, 0) is 69.1 Å². The summed E-state index contributed by atoms with van der Waals surface area (Å²) in [5.74, 6) is 0.812. The monoisotopic (exact) mass is 388 g/mol. The Morgan fingerprint density at radius 1 is 1.14 bits per heavy atom. The summed E-state index contributed by atoms with van der Waals surface area (Å²) in [6.45, 7) is 6.42. The second-order valence-electron chi connectivity index (χ2n) is 7.94. The maximum absolute atomic E-state index is 13.0. The zero-order valence-electron chi connectivity index (χ0n) is 17.0. The van der Waals surface area contributed by atoms with Crippen molar-refractivity contribution in [2.75, 3.05) is 26.2 Å². The highest BCUT2D eigenvalue weighted by molar-refractivity contribution is 6.07. The Balaban J connectivity index is 1.45. The molecule has 5 nitrogen and oxygen atoms in total. The lowest BCUT2D eigenvalue weighted by Gasteiger charge is -2.30. The van der Waals surface area contributed by atoms with Gasteiger partial charge in [0.25, 0.3) is 5.91 Å². The van der Waals surface area contributed by atoms with Gasteiger partial charge in [-0.15, -0.1) is 0 Å². The number of benzene rings is 1. The van der Waals surface area contributed by atoms with E-state index in [1.165, 1.54) is 25.9 Å². The van der Waals surface area contributed by atoms with Crippen LogP contribution in [0.4, 0.5) is 0 Å². The Bertz CT molecular complexity index is 965. The normalized spacial score (nSPS) is 15.5. The van der Waals surface area contributed by atoms with Crippen molar-refractivity contribution in [3.05, 3.63) is 60.4 Å². The van der Waals surface area contributed by atoms with Gasteiger partial charge in [0.1, 0.15) is 0 Å². The van der Waals surface area contributed by atoms with Crippen LogP contribution in [0.3, 0.4) is 0 Å². The van der Waals surface area contributed by atoms with E-state index in [2.05, 4.69) is 22.1 Å². The molecule has 0 spiro atoms. The molecule has 0 bridgehead atoms. The summed E-state index contributed by atoms with van der Waals surface area (Å²) >= 11 is 0. The maximum Gasteiger partial charge on any atom is 0.252 e. The lowest BCUT2D eigenvalue weighted by atomic mass is 9.99. The van der Waals surface area contributed by atoms with Gasteiger partial charge in [0.05, 0.1) is 16.8 Å². The summed E-state index contributed by atoms with van der Waals surface area (Å²) in [6.07, 6.45) is 7.03. The predicted molar refractivity (Wildman–Crippen MR) is 117 cm³/mol. The van der Waals surface area contributed by atoms with Crippen LogP contribution in [-0.2, 0) is 0 Å². The molecule has 29 heavy (non-hydrogen) atoms. The molecule has 3 heterocycles. The van der Waals surface area contributed by atoms with Crippen molar-refractivity contribution in [2.24, 2.45) is 5.92 Å². The lowest BCUT2D eigenvalue weighted by molar-refractivity contribution is 0.0952. The number of carbonyl (C=O) groups excluding carboxylic acids is 1. The van der Waals surface area contributed by atoms with Gasteiger partial charge < -0.3 is 10.2 Å². The number of amides is 1. The molecule has 1 N–H and O–H groups in total. The largest absolute Gasteiger partial charge is 0.352 e. The molecule has 0 aliphatic carbocycles. The highest BCUT2D eigenvalue weighted by Crippen LogP contribution is 2.24. The summed E-state index contributed by atoms with van der Waals surface area (Å²) in [4.78, 5) is 24.3. The van der Waals surface area contributed by atoms with E-state index in [9.17, 15) is 4.79 Å². The number of rotatable bonds is 6. The van der Waals surface area contributed by atoms with Crippen LogP contribution in [0.5, 0.6) is 0 Å². The standard InChI is InChI=1S/C24H28N4O/c1-18-9-15-28(16-10-18)14-4-11-26-24(29)21-17-23(19-7-12-25-13-8-19)27-22-6-3-2-5-20(21)22/h2-3,5-8,12-13,17-18H,4,9-11,14-16H2,1H3,(H,26,29). The fraction of sp³-hybridized carbons (Fsp3) is 0.375. The lowest BCUT2D eigenvalue weighted by Crippen LogP contribution is -2.35. The van der Waals surface area contributed by atoms with Crippen LogP contribution in [0.25, 0.3) is 22.2 Å². The molecule has 0 saturated carbocycles. The smallest absolute Gasteiger partial charge is 0.252 e. The molecule has 1 aromatic carbocycles. The number of nitrogens with zero attached hydrogens (tertiary/aromatic N) is 3. The van der Waals surface area contributed by atoms with Crippen LogP contribution >= 0.6 is 0 Å². The third-order valence-corrected chi connectivity index (χ3v) is 5.75. The van der Waals surface area contributed by atoms with Crippen molar-refractivity contribution in [1.82, 2.24) is 20.2 Å². The van der Waals surface area contributed by atoms with Gasteiger partial charge in [-0.25, -0.2) is 4.98 Å². The summed E-state index contributed by atoms with van der Waals surface area (Å²) in [7, 11) is 0. The first-order valence-corrected chi connectivity index (χ1v) is 10.5. The van der Waals surface area contributed by atoms with Crippen LogP contribution in [0.1, 0.15) is 36.5 Å². The molecule has 0 radical (unpaired) electrons. The quantitative estimate of drug-likeness (QED) is 0.645. The Kier molecular flexibility index (Phi) is 6.15. The first kappa shape index (κ1) is 19.5. The number of carbonyl (C=O) groups is 1. The Morgan fingerprint density at radius 3 is 2.69 bits per heavy atom. The van der Waals surface area contributed by atoms with Gasteiger partial charge in [0.2, 0.25) is 0 Å². The number of hydrogen-bond acceptors (Lipinski definition) is 4. The molecule has 5 heteroatoms. The van der Waals surface area contributed by atoms with E-state index >= 15 is 0 Å². The molecule has 2 aromatic heterocycles. The van der Waals surface area contributed by atoms with E-state index in [4.69, 9.17) is 4.98 Å². The highest BCUT2D eigenvalue weighted by atomic mass is 16.1. The van der Waals surface area contributed by atoms with Crippen molar-refractivity contribution in [3.8, 4) is 11.3 Å². The average molecular weight is 389 g/mol. The van der Waals surface area contributed by atoms with Crippen LogP contribution in [0, 0.1) is 5.92 Å². The number of likely N-dealkylation sites (tertiary alicyclic amines) is 1. The maximum atomic E-state index is 13.0. The van der Waals surface area contributed by atoms with Gasteiger partial charge in [0.15, 0.2) is 0 Å². The Labute approximate surface area is 172 Å². The minimum Gasteiger partial charge on any atom is -0.352 e. The van der Waals surface area contributed by atoms with Crippen LogP contribution in [-0.4, -0.2) is 47.0 Å². The zero-order chi connectivity index (χ0) is 20.1. The van der Waals surface area contributed by atoms with Gasteiger partial charge in [-0.3, -0.25) is 9.78 Å².